The smallest absolute Gasteiger partial charge is 0.162 e. The van der Waals surface area contributed by atoms with Crippen LogP contribution in [0.15, 0.2) is 48.8 Å². The minimum absolute atomic E-state index is 0.658. The molecule has 3 aromatic heterocycles. The van der Waals surface area contributed by atoms with E-state index in [1.165, 1.54) is 0 Å². The quantitative estimate of drug-likeness (QED) is 0.540. The molecule has 1 aromatic carbocycles. The number of rotatable bonds is 5. The fourth-order valence-corrected chi connectivity index (χ4v) is 3.70. The normalized spacial score (nSPS) is 11.0. The van der Waals surface area contributed by atoms with Gasteiger partial charge in [0.2, 0.25) is 0 Å². The Morgan fingerprint density at radius 3 is 2.25 bits per heavy atom. The van der Waals surface area contributed by atoms with Gasteiger partial charge in [0.1, 0.15) is 5.75 Å². The number of aryl methyl sites for hydroxylation is 3. The van der Waals surface area contributed by atoms with E-state index in [0.29, 0.717) is 6.61 Å². The minimum Gasteiger partial charge on any atom is -0.494 e. The number of nitrogens with one attached hydrogen (secondary N) is 1. The van der Waals surface area contributed by atoms with Gasteiger partial charge in [0.05, 0.1) is 12.3 Å². The highest BCUT2D eigenvalue weighted by Crippen LogP contribution is 2.35. The molecule has 0 unspecified atom stereocenters. The van der Waals surface area contributed by atoms with Gasteiger partial charge in [-0.3, -0.25) is 4.98 Å². The predicted molar refractivity (Wildman–Crippen MR) is 112 cm³/mol. The Kier molecular flexibility index (Phi) is 4.69. The van der Waals surface area contributed by atoms with Crippen molar-refractivity contribution in [1.82, 2.24) is 19.7 Å². The molecule has 4 aromatic rings. The molecule has 0 aliphatic rings. The monoisotopic (exact) mass is 373 g/mol. The largest absolute Gasteiger partial charge is 0.494 e. The van der Waals surface area contributed by atoms with Gasteiger partial charge >= 0.3 is 0 Å². The van der Waals surface area contributed by atoms with E-state index in [1.54, 1.807) is 12.4 Å². The molecular weight excluding hydrogens is 350 g/mol. The first-order chi connectivity index (χ1) is 13.6. The number of benzene rings is 1. The lowest BCUT2D eigenvalue weighted by atomic mass is 10.1. The second-order valence-electron chi connectivity index (χ2n) is 6.68. The highest BCUT2D eigenvalue weighted by atomic mass is 16.5. The lowest BCUT2D eigenvalue weighted by molar-refractivity contribution is 0.340. The Hall–Kier alpha value is -3.41. The first-order valence-electron chi connectivity index (χ1n) is 9.35. The molecule has 28 heavy (non-hydrogen) atoms. The number of anilines is 2. The van der Waals surface area contributed by atoms with E-state index in [1.807, 2.05) is 38.1 Å². The number of pyridine rings is 1. The molecule has 142 valence electrons. The second-order valence-corrected chi connectivity index (χ2v) is 6.68. The van der Waals surface area contributed by atoms with Gasteiger partial charge in [0, 0.05) is 45.9 Å². The van der Waals surface area contributed by atoms with Crippen LogP contribution < -0.4 is 10.1 Å². The fraction of sp³-hybridized carbons (Fsp3) is 0.227. The van der Waals surface area contributed by atoms with Crippen molar-refractivity contribution in [3.8, 4) is 11.4 Å². The Morgan fingerprint density at radius 2 is 1.57 bits per heavy atom. The standard InChI is InChI=1S/C22H23N5O/c1-5-28-19-8-6-18(7-9-19)27-15(3)20-14(2)25-26-22(21(20)16(27)4)24-17-10-12-23-13-11-17/h6-13H,5H2,1-4H3,(H,23,24,26). The summed E-state index contributed by atoms with van der Waals surface area (Å²) in [7, 11) is 0. The van der Waals surface area contributed by atoms with E-state index in [9.17, 15) is 0 Å². The van der Waals surface area contributed by atoms with Crippen molar-refractivity contribution in [3.63, 3.8) is 0 Å². The van der Waals surface area contributed by atoms with Crippen LogP contribution in [0.25, 0.3) is 16.5 Å². The third-order valence-electron chi connectivity index (χ3n) is 4.89. The van der Waals surface area contributed by atoms with Crippen LogP contribution in [0.3, 0.4) is 0 Å². The Bertz CT molecular complexity index is 1120. The molecule has 0 amide bonds. The van der Waals surface area contributed by atoms with Crippen LogP contribution >= 0.6 is 0 Å². The van der Waals surface area contributed by atoms with Gasteiger partial charge in [0.25, 0.3) is 0 Å². The van der Waals surface area contributed by atoms with E-state index in [2.05, 4.69) is 51.0 Å². The van der Waals surface area contributed by atoms with E-state index in [-0.39, 0.29) is 0 Å². The SMILES string of the molecule is CCOc1ccc(-n2c(C)c3c(C)nnc(Nc4ccncc4)c3c2C)cc1. The average Bonchev–Trinajstić information content (AvgIpc) is 2.97. The molecule has 1 N–H and O–H groups in total. The predicted octanol–water partition coefficient (Wildman–Crippen LogP) is 4.88. The van der Waals surface area contributed by atoms with Crippen molar-refractivity contribution in [2.24, 2.45) is 0 Å². The van der Waals surface area contributed by atoms with Gasteiger partial charge in [-0.2, -0.15) is 5.10 Å². The molecule has 0 saturated heterocycles. The second kappa shape index (κ2) is 7.31. The zero-order valence-electron chi connectivity index (χ0n) is 16.5. The van der Waals surface area contributed by atoms with E-state index in [0.717, 1.165) is 50.8 Å². The summed E-state index contributed by atoms with van der Waals surface area (Å²) < 4.78 is 7.82. The van der Waals surface area contributed by atoms with E-state index in [4.69, 9.17) is 4.74 Å². The molecule has 0 radical (unpaired) electrons. The molecule has 6 heteroatoms. The van der Waals surface area contributed by atoms with Gasteiger partial charge in [-0.1, -0.05) is 0 Å². The number of hydrogen-bond donors (Lipinski definition) is 1. The topological polar surface area (TPSA) is 64.9 Å². The third-order valence-corrected chi connectivity index (χ3v) is 4.89. The van der Waals surface area contributed by atoms with Crippen LogP contribution in [0, 0.1) is 20.8 Å². The van der Waals surface area contributed by atoms with Crippen LogP contribution in [-0.4, -0.2) is 26.4 Å². The van der Waals surface area contributed by atoms with Crippen LogP contribution in [0.1, 0.15) is 24.0 Å². The van der Waals surface area contributed by atoms with Gasteiger partial charge in [-0.15, -0.1) is 5.10 Å². The van der Waals surface area contributed by atoms with Gasteiger partial charge in [-0.05, 0) is 64.1 Å². The molecule has 0 aliphatic heterocycles. The average molecular weight is 373 g/mol. The summed E-state index contributed by atoms with van der Waals surface area (Å²) in [5.74, 6) is 1.62. The highest BCUT2D eigenvalue weighted by molar-refractivity contribution is 5.99. The van der Waals surface area contributed by atoms with Gasteiger partial charge in [0.15, 0.2) is 5.82 Å². The summed E-state index contributed by atoms with van der Waals surface area (Å²) in [5.41, 5.74) is 5.19. The molecule has 0 saturated carbocycles. The molecule has 0 bridgehead atoms. The van der Waals surface area contributed by atoms with Crippen molar-refractivity contribution in [1.29, 1.82) is 0 Å². The fourth-order valence-electron chi connectivity index (χ4n) is 3.70. The molecule has 3 heterocycles. The van der Waals surface area contributed by atoms with Gasteiger partial charge < -0.3 is 14.6 Å². The molecule has 4 rings (SSSR count). The lowest BCUT2D eigenvalue weighted by Gasteiger charge is -2.11. The van der Waals surface area contributed by atoms with Crippen LogP contribution in [0.4, 0.5) is 11.5 Å². The summed E-state index contributed by atoms with van der Waals surface area (Å²) in [6, 6.07) is 12.0. The van der Waals surface area contributed by atoms with Crippen molar-refractivity contribution in [2.75, 3.05) is 11.9 Å². The molecule has 6 nitrogen and oxygen atoms in total. The third kappa shape index (κ3) is 3.07. The lowest BCUT2D eigenvalue weighted by Crippen LogP contribution is -2.00. The maximum atomic E-state index is 5.58. The van der Waals surface area contributed by atoms with Crippen LogP contribution in [0.5, 0.6) is 5.75 Å². The van der Waals surface area contributed by atoms with Gasteiger partial charge in [-0.25, -0.2) is 0 Å². The summed E-state index contributed by atoms with van der Waals surface area (Å²) in [4.78, 5) is 4.07. The maximum Gasteiger partial charge on any atom is 0.162 e. The summed E-state index contributed by atoms with van der Waals surface area (Å²) >= 11 is 0. The van der Waals surface area contributed by atoms with Crippen LogP contribution in [0.2, 0.25) is 0 Å². The first-order valence-corrected chi connectivity index (χ1v) is 9.35. The van der Waals surface area contributed by atoms with E-state index >= 15 is 0 Å². The van der Waals surface area contributed by atoms with Crippen LogP contribution in [-0.2, 0) is 0 Å². The molecule has 0 fully saturated rings. The molecule has 0 atom stereocenters. The highest BCUT2D eigenvalue weighted by Gasteiger charge is 2.19. The summed E-state index contributed by atoms with van der Waals surface area (Å²) in [6.07, 6.45) is 3.51. The van der Waals surface area contributed by atoms with E-state index < -0.39 is 0 Å². The Labute approximate surface area is 164 Å². The molecule has 0 aliphatic carbocycles. The zero-order chi connectivity index (χ0) is 19.7. The molecule has 0 spiro atoms. The number of ether oxygens (including phenoxy) is 1. The summed E-state index contributed by atoms with van der Waals surface area (Å²) in [6.45, 7) is 8.88. The Morgan fingerprint density at radius 1 is 0.893 bits per heavy atom. The maximum absolute atomic E-state index is 5.58. The van der Waals surface area contributed by atoms with Crippen molar-refractivity contribution in [3.05, 3.63) is 65.9 Å². The Balaban J connectivity index is 1.87. The van der Waals surface area contributed by atoms with Crippen molar-refractivity contribution < 1.29 is 4.74 Å². The number of aromatic nitrogens is 4. The molecular formula is C22H23N5O. The van der Waals surface area contributed by atoms with Crippen molar-refractivity contribution >= 4 is 22.3 Å². The minimum atomic E-state index is 0.658. The summed E-state index contributed by atoms with van der Waals surface area (Å²) in [5, 5.41) is 14.4. The van der Waals surface area contributed by atoms with Crippen molar-refractivity contribution in [2.45, 2.75) is 27.7 Å². The number of nitrogens with zero attached hydrogens (tertiary/aromatic N) is 4. The zero-order valence-corrected chi connectivity index (χ0v) is 16.5. The first kappa shape index (κ1) is 18.0. The number of hydrogen-bond acceptors (Lipinski definition) is 5. The number of fused-ring (bicyclic) bond motifs is 1.